The molecule has 0 spiro atoms. The van der Waals surface area contributed by atoms with Crippen molar-refractivity contribution in [1.82, 2.24) is 0 Å². The Kier molecular flexibility index (Phi) is 4.34. The molecule has 6 heteroatoms. The Morgan fingerprint density at radius 2 is 1.31 bits per heavy atom. The molecular formula is C23H17ClN2O3. The van der Waals surface area contributed by atoms with E-state index >= 15 is 0 Å². The fraction of sp³-hybridized carbons (Fsp3) is 0.130. The number of rotatable bonds is 3. The van der Waals surface area contributed by atoms with Crippen molar-refractivity contribution < 1.29 is 14.4 Å². The summed E-state index contributed by atoms with van der Waals surface area (Å²) in [4.78, 5) is 33.9. The number of amides is 2. The first-order chi connectivity index (χ1) is 14.2. The van der Waals surface area contributed by atoms with Crippen LogP contribution >= 0.6 is 11.6 Å². The van der Waals surface area contributed by atoms with E-state index in [0.717, 1.165) is 11.3 Å². The molecule has 0 bridgehead atoms. The minimum absolute atomic E-state index is 0.283. The fourth-order valence-corrected chi connectivity index (χ4v) is 4.32. The Balaban J connectivity index is 1.62. The molecule has 0 saturated carbocycles. The molecule has 0 N–H and O–H groups in total. The van der Waals surface area contributed by atoms with Crippen LogP contribution in [0.4, 0.5) is 11.4 Å². The molecule has 29 heavy (non-hydrogen) atoms. The van der Waals surface area contributed by atoms with Gasteiger partial charge in [-0.2, -0.15) is 0 Å². The number of hydrogen-bond acceptors (Lipinski definition) is 4. The number of carbonyl (C=O) groups excluding carboxylic acids is 2. The fourth-order valence-electron chi connectivity index (χ4n) is 4.08. The van der Waals surface area contributed by atoms with Crippen molar-refractivity contribution >= 4 is 34.8 Å². The Morgan fingerprint density at radius 3 is 1.97 bits per heavy atom. The summed E-state index contributed by atoms with van der Waals surface area (Å²) >= 11 is 6.49. The van der Waals surface area contributed by atoms with E-state index in [9.17, 15) is 9.59 Å². The average Bonchev–Trinajstić information content (AvgIpc) is 3.26. The van der Waals surface area contributed by atoms with Crippen LogP contribution in [-0.4, -0.2) is 17.9 Å². The van der Waals surface area contributed by atoms with Gasteiger partial charge in [0.2, 0.25) is 5.91 Å². The number of halogens is 1. The van der Waals surface area contributed by atoms with E-state index in [-0.39, 0.29) is 11.8 Å². The maximum Gasteiger partial charge on any atom is 0.266 e. The largest absolute Gasteiger partial charge is 0.273 e. The number of para-hydroxylation sites is 2. The van der Waals surface area contributed by atoms with Gasteiger partial charge in [0.25, 0.3) is 5.91 Å². The maximum absolute atomic E-state index is 13.4. The van der Waals surface area contributed by atoms with Gasteiger partial charge < -0.3 is 0 Å². The van der Waals surface area contributed by atoms with Crippen LogP contribution in [0.15, 0.2) is 84.9 Å². The zero-order valence-electron chi connectivity index (χ0n) is 15.3. The van der Waals surface area contributed by atoms with Crippen LogP contribution < -0.4 is 9.96 Å². The highest BCUT2D eigenvalue weighted by atomic mass is 35.5. The summed E-state index contributed by atoms with van der Waals surface area (Å²) in [7, 11) is 0. The molecule has 0 aromatic heterocycles. The van der Waals surface area contributed by atoms with Crippen molar-refractivity contribution in [2.45, 2.75) is 12.1 Å². The molecule has 3 aromatic carbocycles. The Labute approximate surface area is 173 Å². The first-order valence-electron chi connectivity index (χ1n) is 9.35. The van der Waals surface area contributed by atoms with Crippen molar-refractivity contribution in [1.29, 1.82) is 0 Å². The standard InChI is InChI=1S/C23H17ClN2O3/c24-18-14-8-7-13-17(18)20-19-21(29-26(20)16-11-5-2-6-12-16)23(28)25(22(19)27)15-9-3-1-4-10-15/h1-14,19-21H/t19-,20-,21+/m0/s1. The number of fused-ring (bicyclic) bond motifs is 1. The summed E-state index contributed by atoms with van der Waals surface area (Å²) in [6, 6.07) is 25.2. The van der Waals surface area contributed by atoms with Crippen LogP contribution in [-0.2, 0) is 14.4 Å². The number of imide groups is 1. The lowest BCUT2D eigenvalue weighted by Gasteiger charge is -2.29. The van der Waals surface area contributed by atoms with Gasteiger partial charge >= 0.3 is 0 Å². The summed E-state index contributed by atoms with van der Waals surface area (Å²) in [5.74, 6) is -1.33. The molecule has 3 aromatic rings. The van der Waals surface area contributed by atoms with Gasteiger partial charge in [-0.25, -0.2) is 9.96 Å². The van der Waals surface area contributed by atoms with Crippen LogP contribution in [0.3, 0.4) is 0 Å². The lowest BCUT2D eigenvalue weighted by molar-refractivity contribution is -0.126. The molecule has 2 saturated heterocycles. The molecule has 5 rings (SSSR count). The van der Waals surface area contributed by atoms with Crippen LogP contribution in [0.2, 0.25) is 5.02 Å². The highest BCUT2D eigenvalue weighted by Gasteiger charge is 2.60. The molecule has 2 amide bonds. The number of hydrogen-bond donors (Lipinski definition) is 0. The van der Waals surface area contributed by atoms with E-state index in [1.165, 1.54) is 4.90 Å². The van der Waals surface area contributed by atoms with Crippen LogP contribution in [0.1, 0.15) is 11.6 Å². The number of anilines is 2. The minimum atomic E-state index is -0.899. The molecule has 2 aliphatic rings. The predicted octanol–water partition coefficient (Wildman–Crippen LogP) is 4.39. The monoisotopic (exact) mass is 404 g/mol. The summed E-state index contributed by atoms with van der Waals surface area (Å²) < 4.78 is 0. The Bertz CT molecular complexity index is 1070. The molecule has 144 valence electrons. The van der Waals surface area contributed by atoms with Gasteiger partial charge in [0.05, 0.1) is 17.4 Å². The third-order valence-corrected chi connectivity index (χ3v) is 5.71. The maximum atomic E-state index is 13.4. The second kappa shape index (κ2) is 7.03. The first-order valence-corrected chi connectivity index (χ1v) is 9.73. The molecule has 0 unspecified atom stereocenters. The van der Waals surface area contributed by atoms with Crippen molar-refractivity contribution in [2.24, 2.45) is 5.92 Å². The lowest BCUT2D eigenvalue weighted by Crippen LogP contribution is -2.37. The van der Waals surface area contributed by atoms with Gasteiger partial charge in [-0.3, -0.25) is 14.4 Å². The van der Waals surface area contributed by atoms with E-state index < -0.39 is 18.1 Å². The van der Waals surface area contributed by atoms with E-state index in [0.29, 0.717) is 10.7 Å². The van der Waals surface area contributed by atoms with Gasteiger partial charge in [0.1, 0.15) is 5.92 Å². The summed E-state index contributed by atoms with van der Waals surface area (Å²) in [5.41, 5.74) is 2.06. The minimum Gasteiger partial charge on any atom is -0.273 e. The third-order valence-electron chi connectivity index (χ3n) is 5.36. The average molecular weight is 405 g/mol. The number of benzene rings is 3. The van der Waals surface area contributed by atoms with Gasteiger partial charge in [0.15, 0.2) is 6.10 Å². The predicted molar refractivity (Wildman–Crippen MR) is 110 cm³/mol. The summed E-state index contributed by atoms with van der Waals surface area (Å²) in [6.07, 6.45) is -0.899. The Hall–Kier alpha value is -3.15. The quantitative estimate of drug-likeness (QED) is 0.607. The molecular weight excluding hydrogens is 388 g/mol. The van der Waals surface area contributed by atoms with Gasteiger partial charge in [-0.1, -0.05) is 66.2 Å². The van der Waals surface area contributed by atoms with Crippen molar-refractivity contribution in [3.63, 3.8) is 0 Å². The van der Waals surface area contributed by atoms with E-state index in [1.807, 2.05) is 54.6 Å². The third kappa shape index (κ3) is 2.82. The van der Waals surface area contributed by atoms with E-state index in [4.69, 9.17) is 16.4 Å². The van der Waals surface area contributed by atoms with Crippen LogP contribution in [0.5, 0.6) is 0 Å². The van der Waals surface area contributed by atoms with Crippen molar-refractivity contribution in [2.75, 3.05) is 9.96 Å². The number of carbonyl (C=O) groups is 2. The van der Waals surface area contributed by atoms with Crippen LogP contribution in [0, 0.1) is 5.92 Å². The molecule has 0 aliphatic carbocycles. The molecule has 2 aliphatic heterocycles. The highest BCUT2D eigenvalue weighted by Crippen LogP contribution is 2.48. The van der Waals surface area contributed by atoms with Crippen molar-refractivity contribution in [3.05, 3.63) is 95.5 Å². The van der Waals surface area contributed by atoms with Gasteiger partial charge in [-0.05, 0) is 35.9 Å². The zero-order valence-corrected chi connectivity index (χ0v) is 16.1. The van der Waals surface area contributed by atoms with Crippen LogP contribution in [0.25, 0.3) is 0 Å². The summed E-state index contributed by atoms with van der Waals surface area (Å²) in [5, 5.41) is 2.18. The van der Waals surface area contributed by atoms with Gasteiger partial charge in [0, 0.05) is 5.02 Å². The zero-order chi connectivity index (χ0) is 20.0. The highest BCUT2D eigenvalue weighted by molar-refractivity contribution is 6.31. The Morgan fingerprint density at radius 1 is 0.724 bits per heavy atom. The van der Waals surface area contributed by atoms with Crippen molar-refractivity contribution in [3.8, 4) is 0 Å². The summed E-state index contributed by atoms with van der Waals surface area (Å²) in [6.45, 7) is 0. The molecule has 0 radical (unpaired) electrons. The normalized spacial score (nSPS) is 23.6. The smallest absolute Gasteiger partial charge is 0.266 e. The van der Waals surface area contributed by atoms with Gasteiger partial charge in [-0.15, -0.1) is 0 Å². The van der Waals surface area contributed by atoms with E-state index in [2.05, 4.69) is 0 Å². The first kappa shape index (κ1) is 17.9. The second-order valence-electron chi connectivity index (χ2n) is 7.03. The molecule has 2 fully saturated rings. The lowest BCUT2D eigenvalue weighted by atomic mass is 9.90. The van der Waals surface area contributed by atoms with E-state index in [1.54, 1.807) is 35.4 Å². The topological polar surface area (TPSA) is 49.9 Å². The molecule has 3 atom stereocenters. The second-order valence-corrected chi connectivity index (χ2v) is 7.43. The number of hydroxylamine groups is 1. The molecule has 5 nitrogen and oxygen atoms in total. The molecule has 2 heterocycles. The number of nitrogens with zero attached hydrogens (tertiary/aromatic N) is 2. The SMILES string of the molecule is O=C1[C@@H]2[C@@H](ON(c3ccccc3)[C@H]2c2ccccc2Cl)C(=O)N1c1ccccc1.